The first-order valence-corrected chi connectivity index (χ1v) is 9.67. The molecule has 5 heteroatoms. The summed E-state index contributed by atoms with van der Waals surface area (Å²) in [6.45, 7) is 4.81. The minimum atomic E-state index is -0.942. The van der Waals surface area contributed by atoms with E-state index in [1.807, 2.05) is 13.0 Å². The summed E-state index contributed by atoms with van der Waals surface area (Å²) in [5.41, 5.74) is 1.65. The van der Waals surface area contributed by atoms with Crippen molar-refractivity contribution in [1.29, 1.82) is 0 Å². The molecule has 1 fully saturated rings. The highest BCUT2D eigenvalue weighted by Gasteiger charge is 2.25. The van der Waals surface area contributed by atoms with Crippen LogP contribution in [0.4, 0.5) is 4.39 Å². The zero-order chi connectivity index (χ0) is 19.1. The van der Waals surface area contributed by atoms with E-state index in [1.165, 1.54) is 11.6 Å². The van der Waals surface area contributed by atoms with Crippen LogP contribution in [-0.2, 0) is 6.42 Å². The van der Waals surface area contributed by atoms with Crippen molar-refractivity contribution in [3.05, 3.63) is 71.5 Å². The fraction of sp³-hybridized carbons (Fsp3) is 0.409. The molecule has 1 aliphatic rings. The number of aliphatic hydroxyl groups is 1. The number of hydrogen-bond acceptors (Lipinski definition) is 2. The zero-order valence-electron chi connectivity index (χ0n) is 15.8. The molecule has 0 bridgehead atoms. The van der Waals surface area contributed by atoms with Gasteiger partial charge in [0.05, 0.1) is 6.54 Å². The Bertz CT molecular complexity index is 750. The molecule has 1 saturated heterocycles. The summed E-state index contributed by atoms with van der Waals surface area (Å²) in [6, 6.07) is 16.9. The Balaban J connectivity index is 1.61. The molecule has 2 unspecified atom stereocenters. The van der Waals surface area contributed by atoms with E-state index in [9.17, 15) is 9.50 Å². The Morgan fingerprint density at radius 1 is 1.22 bits per heavy atom. The van der Waals surface area contributed by atoms with Crippen molar-refractivity contribution in [3.8, 4) is 0 Å². The first kappa shape index (κ1) is 19.4. The predicted molar refractivity (Wildman–Crippen MR) is 107 cm³/mol. The van der Waals surface area contributed by atoms with Crippen LogP contribution in [-0.4, -0.2) is 42.1 Å². The third-order valence-corrected chi connectivity index (χ3v) is 4.97. The number of aliphatic hydroxyl groups excluding tert-OH is 1. The van der Waals surface area contributed by atoms with Crippen molar-refractivity contribution in [2.75, 3.05) is 26.2 Å². The number of benzene rings is 2. The minimum Gasteiger partial charge on any atom is -0.386 e. The highest BCUT2D eigenvalue weighted by atomic mass is 19.1. The number of likely N-dealkylation sites (tertiary alicyclic amines) is 1. The normalized spacial score (nSPS) is 18.6. The lowest BCUT2D eigenvalue weighted by molar-refractivity contribution is 0.181. The molecular formula is C22H28FN3O. The molecule has 2 aromatic rings. The van der Waals surface area contributed by atoms with Crippen LogP contribution in [0.3, 0.4) is 0 Å². The van der Waals surface area contributed by atoms with Crippen molar-refractivity contribution >= 4 is 5.96 Å². The molecule has 2 N–H and O–H groups in total. The third-order valence-electron chi connectivity index (χ3n) is 4.97. The quantitative estimate of drug-likeness (QED) is 0.606. The highest BCUT2D eigenvalue weighted by Crippen LogP contribution is 2.22. The fourth-order valence-electron chi connectivity index (χ4n) is 3.58. The predicted octanol–water partition coefficient (Wildman–Crippen LogP) is 3.39. The molecule has 0 radical (unpaired) electrons. The Morgan fingerprint density at radius 3 is 2.70 bits per heavy atom. The van der Waals surface area contributed by atoms with Crippen LogP contribution in [0.25, 0.3) is 0 Å². The second-order valence-corrected chi connectivity index (χ2v) is 7.02. The maximum atomic E-state index is 13.8. The van der Waals surface area contributed by atoms with Crippen LogP contribution < -0.4 is 5.32 Å². The standard InChI is InChI=1S/C22H28FN3O/c1-2-24-22(25-15-21(27)19-10-6-7-11-20(19)23)26-13-12-18(16-26)14-17-8-4-3-5-9-17/h3-11,18,21,27H,2,12-16H2,1H3,(H,24,25). The fourth-order valence-corrected chi connectivity index (χ4v) is 3.58. The lowest BCUT2D eigenvalue weighted by atomic mass is 9.99. The summed E-state index contributed by atoms with van der Waals surface area (Å²) in [6.07, 6.45) is 1.24. The second kappa shape index (κ2) is 9.51. The minimum absolute atomic E-state index is 0.142. The summed E-state index contributed by atoms with van der Waals surface area (Å²) < 4.78 is 13.8. The van der Waals surface area contributed by atoms with E-state index in [0.717, 1.165) is 38.4 Å². The Morgan fingerprint density at radius 2 is 1.96 bits per heavy atom. The van der Waals surface area contributed by atoms with E-state index in [-0.39, 0.29) is 6.54 Å². The monoisotopic (exact) mass is 369 g/mol. The van der Waals surface area contributed by atoms with Gasteiger partial charge in [-0.25, -0.2) is 4.39 Å². The number of hydrogen-bond donors (Lipinski definition) is 2. The molecule has 2 aromatic carbocycles. The summed E-state index contributed by atoms with van der Waals surface area (Å²) in [4.78, 5) is 6.81. The van der Waals surface area contributed by atoms with Crippen LogP contribution in [0, 0.1) is 11.7 Å². The van der Waals surface area contributed by atoms with E-state index >= 15 is 0 Å². The van der Waals surface area contributed by atoms with Crippen molar-refractivity contribution in [2.45, 2.75) is 25.9 Å². The average molecular weight is 369 g/mol. The van der Waals surface area contributed by atoms with Gasteiger partial charge in [0, 0.05) is 25.2 Å². The Labute approximate surface area is 160 Å². The SMILES string of the molecule is CCNC(=NCC(O)c1ccccc1F)N1CCC(Cc2ccccc2)C1. The van der Waals surface area contributed by atoms with Crippen molar-refractivity contribution in [2.24, 2.45) is 10.9 Å². The van der Waals surface area contributed by atoms with Gasteiger partial charge in [0.1, 0.15) is 11.9 Å². The van der Waals surface area contributed by atoms with E-state index in [1.54, 1.807) is 18.2 Å². The molecule has 0 aromatic heterocycles. The molecule has 1 aliphatic heterocycles. The molecule has 2 atom stereocenters. The van der Waals surface area contributed by atoms with Crippen LogP contribution in [0.1, 0.15) is 30.6 Å². The smallest absolute Gasteiger partial charge is 0.194 e. The molecule has 0 aliphatic carbocycles. The Hall–Kier alpha value is -2.40. The van der Waals surface area contributed by atoms with Gasteiger partial charge < -0.3 is 15.3 Å². The maximum Gasteiger partial charge on any atom is 0.194 e. The van der Waals surface area contributed by atoms with E-state index in [4.69, 9.17) is 0 Å². The third kappa shape index (κ3) is 5.30. The van der Waals surface area contributed by atoms with Gasteiger partial charge in [0.25, 0.3) is 0 Å². The van der Waals surface area contributed by atoms with Crippen LogP contribution >= 0.6 is 0 Å². The van der Waals surface area contributed by atoms with Crippen molar-refractivity contribution < 1.29 is 9.50 Å². The average Bonchev–Trinajstić information content (AvgIpc) is 3.14. The lowest BCUT2D eigenvalue weighted by Gasteiger charge is -2.22. The van der Waals surface area contributed by atoms with Gasteiger partial charge in [-0.1, -0.05) is 48.5 Å². The van der Waals surface area contributed by atoms with Gasteiger partial charge in [-0.2, -0.15) is 0 Å². The molecular weight excluding hydrogens is 341 g/mol. The molecule has 27 heavy (non-hydrogen) atoms. The molecule has 3 rings (SSSR count). The van der Waals surface area contributed by atoms with Crippen LogP contribution in [0.15, 0.2) is 59.6 Å². The number of aliphatic imine (C=N–C) groups is 1. The first-order chi connectivity index (χ1) is 13.2. The summed E-state index contributed by atoms with van der Waals surface area (Å²) in [7, 11) is 0. The molecule has 144 valence electrons. The van der Waals surface area contributed by atoms with Gasteiger partial charge in [0.2, 0.25) is 0 Å². The molecule has 1 heterocycles. The maximum absolute atomic E-state index is 13.8. The van der Waals surface area contributed by atoms with E-state index < -0.39 is 11.9 Å². The molecule has 0 amide bonds. The first-order valence-electron chi connectivity index (χ1n) is 9.67. The zero-order valence-corrected chi connectivity index (χ0v) is 15.8. The molecule has 0 saturated carbocycles. The molecule has 4 nitrogen and oxygen atoms in total. The highest BCUT2D eigenvalue weighted by molar-refractivity contribution is 5.80. The van der Waals surface area contributed by atoms with E-state index in [2.05, 4.69) is 39.5 Å². The van der Waals surface area contributed by atoms with Gasteiger partial charge in [-0.05, 0) is 37.3 Å². The van der Waals surface area contributed by atoms with Gasteiger partial charge in [-0.3, -0.25) is 4.99 Å². The number of rotatable bonds is 6. The molecule has 0 spiro atoms. The summed E-state index contributed by atoms with van der Waals surface area (Å²) in [5, 5.41) is 13.6. The van der Waals surface area contributed by atoms with E-state index in [0.29, 0.717) is 11.5 Å². The summed E-state index contributed by atoms with van der Waals surface area (Å²) >= 11 is 0. The lowest BCUT2D eigenvalue weighted by Crippen LogP contribution is -2.40. The number of nitrogens with one attached hydrogen (secondary N) is 1. The number of guanidine groups is 1. The number of nitrogens with zero attached hydrogens (tertiary/aromatic N) is 2. The number of halogens is 1. The van der Waals surface area contributed by atoms with Crippen molar-refractivity contribution in [3.63, 3.8) is 0 Å². The van der Waals surface area contributed by atoms with Crippen molar-refractivity contribution in [1.82, 2.24) is 10.2 Å². The Kier molecular flexibility index (Phi) is 6.82. The van der Waals surface area contributed by atoms with Crippen LogP contribution in [0.2, 0.25) is 0 Å². The van der Waals surface area contributed by atoms with Gasteiger partial charge in [-0.15, -0.1) is 0 Å². The van der Waals surface area contributed by atoms with Gasteiger partial charge >= 0.3 is 0 Å². The second-order valence-electron chi connectivity index (χ2n) is 7.02. The summed E-state index contributed by atoms with van der Waals surface area (Å²) in [5.74, 6) is 0.991. The topological polar surface area (TPSA) is 47.9 Å². The van der Waals surface area contributed by atoms with Gasteiger partial charge in [0.15, 0.2) is 5.96 Å². The largest absolute Gasteiger partial charge is 0.386 e. The van der Waals surface area contributed by atoms with Crippen LogP contribution in [0.5, 0.6) is 0 Å².